The second kappa shape index (κ2) is 5.99. The van der Waals surface area contributed by atoms with E-state index < -0.39 is 5.60 Å². The van der Waals surface area contributed by atoms with Crippen molar-refractivity contribution in [3.05, 3.63) is 11.6 Å². The van der Waals surface area contributed by atoms with E-state index in [4.69, 9.17) is 0 Å². The molecule has 0 amide bonds. The maximum Gasteiger partial charge on any atom is 0.0857 e. The molecule has 1 saturated carbocycles. The lowest BCUT2D eigenvalue weighted by atomic mass is 9.65. The van der Waals surface area contributed by atoms with E-state index in [1.807, 2.05) is 0 Å². The predicted octanol–water partition coefficient (Wildman–Crippen LogP) is 5.23. The molecule has 0 aromatic carbocycles. The maximum absolute atomic E-state index is 11.0. The van der Waals surface area contributed by atoms with Crippen molar-refractivity contribution in [2.45, 2.75) is 90.6 Å². The smallest absolute Gasteiger partial charge is 0.0857 e. The number of allylic oxidation sites excluding steroid dienone is 1. The van der Waals surface area contributed by atoms with Crippen LogP contribution < -0.4 is 0 Å². The van der Waals surface area contributed by atoms with Gasteiger partial charge in [0.2, 0.25) is 0 Å². The third-order valence-corrected chi connectivity index (χ3v) is 5.97. The van der Waals surface area contributed by atoms with Gasteiger partial charge in [-0.15, -0.1) is 0 Å². The topological polar surface area (TPSA) is 20.2 Å². The van der Waals surface area contributed by atoms with Gasteiger partial charge in [0, 0.05) is 0 Å². The zero-order valence-electron chi connectivity index (χ0n) is 13.2. The van der Waals surface area contributed by atoms with Gasteiger partial charge in [-0.3, -0.25) is 0 Å². The summed E-state index contributed by atoms with van der Waals surface area (Å²) in [5.41, 5.74) is 1.36. The Kier molecular flexibility index (Phi) is 4.76. The lowest BCUT2D eigenvalue weighted by Gasteiger charge is -2.43. The standard InChI is InChI=1S/C18H32O/c1-4-17(2,3)15-11-13-18(19,14-12-15)16-9-7-5-6-8-10-16/h9,15,19H,4-8,10-14H2,1-3H3. The minimum absolute atomic E-state index is 0.444. The van der Waals surface area contributed by atoms with Gasteiger partial charge in [-0.25, -0.2) is 0 Å². The fourth-order valence-corrected chi connectivity index (χ4v) is 3.92. The summed E-state index contributed by atoms with van der Waals surface area (Å²) in [7, 11) is 0. The minimum atomic E-state index is -0.454. The second-order valence-corrected chi connectivity index (χ2v) is 7.48. The highest BCUT2D eigenvalue weighted by Gasteiger charge is 2.40. The molecule has 0 radical (unpaired) electrons. The van der Waals surface area contributed by atoms with E-state index in [-0.39, 0.29) is 0 Å². The molecule has 2 rings (SSSR count). The van der Waals surface area contributed by atoms with Crippen LogP contribution in [0, 0.1) is 11.3 Å². The maximum atomic E-state index is 11.0. The molecule has 1 fully saturated rings. The van der Waals surface area contributed by atoms with Gasteiger partial charge >= 0.3 is 0 Å². The first-order valence-electron chi connectivity index (χ1n) is 8.40. The normalized spacial score (nSPS) is 33.7. The summed E-state index contributed by atoms with van der Waals surface area (Å²) in [6, 6.07) is 0. The summed E-state index contributed by atoms with van der Waals surface area (Å²) < 4.78 is 0. The quantitative estimate of drug-likeness (QED) is 0.692. The Bertz CT molecular complexity index is 319. The fraction of sp³-hybridized carbons (Fsp3) is 0.889. The van der Waals surface area contributed by atoms with Gasteiger partial charge in [0.25, 0.3) is 0 Å². The average Bonchev–Trinajstić information content (AvgIpc) is 2.68. The van der Waals surface area contributed by atoms with Gasteiger partial charge in [-0.05, 0) is 68.3 Å². The van der Waals surface area contributed by atoms with Gasteiger partial charge in [0.05, 0.1) is 5.60 Å². The summed E-state index contributed by atoms with van der Waals surface area (Å²) in [5, 5.41) is 11.0. The van der Waals surface area contributed by atoms with Gasteiger partial charge < -0.3 is 5.11 Å². The van der Waals surface area contributed by atoms with Crippen molar-refractivity contribution in [1.82, 2.24) is 0 Å². The molecule has 0 saturated heterocycles. The van der Waals surface area contributed by atoms with Gasteiger partial charge in [0.15, 0.2) is 0 Å². The first kappa shape index (κ1) is 15.1. The van der Waals surface area contributed by atoms with Crippen LogP contribution in [0.3, 0.4) is 0 Å². The number of hydrogen-bond donors (Lipinski definition) is 1. The first-order valence-corrected chi connectivity index (χ1v) is 8.40. The van der Waals surface area contributed by atoms with E-state index in [9.17, 15) is 5.11 Å². The molecule has 0 spiro atoms. The van der Waals surface area contributed by atoms with Crippen LogP contribution in [0.2, 0.25) is 0 Å². The second-order valence-electron chi connectivity index (χ2n) is 7.48. The lowest BCUT2D eigenvalue weighted by molar-refractivity contribution is -0.00222. The Morgan fingerprint density at radius 2 is 1.89 bits per heavy atom. The third-order valence-electron chi connectivity index (χ3n) is 5.97. The van der Waals surface area contributed by atoms with Crippen molar-refractivity contribution in [2.24, 2.45) is 11.3 Å². The molecular formula is C18H32O. The molecule has 0 aromatic rings. The van der Waals surface area contributed by atoms with Crippen molar-refractivity contribution >= 4 is 0 Å². The molecule has 0 heterocycles. The molecule has 0 aromatic heterocycles. The summed E-state index contributed by atoms with van der Waals surface area (Å²) in [6.07, 6.45) is 14.2. The van der Waals surface area contributed by atoms with Crippen molar-refractivity contribution < 1.29 is 5.11 Å². The molecule has 2 aliphatic carbocycles. The molecule has 0 atom stereocenters. The number of rotatable bonds is 3. The molecule has 0 bridgehead atoms. The lowest BCUT2D eigenvalue weighted by Crippen LogP contribution is -2.39. The largest absolute Gasteiger partial charge is 0.386 e. The van der Waals surface area contributed by atoms with Crippen LogP contribution in [-0.4, -0.2) is 10.7 Å². The minimum Gasteiger partial charge on any atom is -0.386 e. The van der Waals surface area contributed by atoms with Crippen LogP contribution in [0.15, 0.2) is 11.6 Å². The Labute approximate surface area is 119 Å². The zero-order valence-corrected chi connectivity index (χ0v) is 13.2. The Balaban J connectivity index is 1.99. The van der Waals surface area contributed by atoms with Crippen LogP contribution in [0.4, 0.5) is 0 Å². The average molecular weight is 264 g/mol. The highest BCUT2D eigenvalue weighted by molar-refractivity contribution is 5.19. The van der Waals surface area contributed by atoms with E-state index in [1.165, 1.54) is 50.5 Å². The Morgan fingerprint density at radius 3 is 2.53 bits per heavy atom. The van der Waals surface area contributed by atoms with E-state index in [1.54, 1.807) is 0 Å². The summed E-state index contributed by atoms with van der Waals surface area (Å²) in [6.45, 7) is 7.09. The van der Waals surface area contributed by atoms with Crippen molar-refractivity contribution in [3.8, 4) is 0 Å². The Hall–Kier alpha value is -0.300. The van der Waals surface area contributed by atoms with Crippen LogP contribution >= 0.6 is 0 Å². The molecule has 1 heteroatoms. The molecular weight excluding hydrogens is 232 g/mol. The summed E-state index contributed by atoms with van der Waals surface area (Å²) >= 11 is 0. The first-order chi connectivity index (χ1) is 8.98. The summed E-state index contributed by atoms with van der Waals surface area (Å²) in [4.78, 5) is 0. The Morgan fingerprint density at radius 1 is 1.21 bits per heavy atom. The SMILES string of the molecule is CCC(C)(C)C1CCC(O)(C2=CCCCCC2)CC1. The predicted molar refractivity (Wildman–Crippen MR) is 82.1 cm³/mol. The summed E-state index contributed by atoms with van der Waals surface area (Å²) in [5.74, 6) is 0.796. The molecule has 1 N–H and O–H groups in total. The van der Waals surface area contributed by atoms with Gasteiger partial charge in [-0.2, -0.15) is 0 Å². The van der Waals surface area contributed by atoms with E-state index >= 15 is 0 Å². The monoisotopic (exact) mass is 264 g/mol. The third kappa shape index (κ3) is 3.42. The highest BCUT2D eigenvalue weighted by Crippen LogP contribution is 2.46. The molecule has 110 valence electrons. The van der Waals surface area contributed by atoms with Crippen LogP contribution in [0.1, 0.15) is 85.0 Å². The molecule has 19 heavy (non-hydrogen) atoms. The van der Waals surface area contributed by atoms with E-state index in [0.717, 1.165) is 25.2 Å². The number of hydrogen-bond acceptors (Lipinski definition) is 1. The van der Waals surface area contributed by atoms with Gasteiger partial charge in [0.1, 0.15) is 0 Å². The molecule has 0 aliphatic heterocycles. The van der Waals surface area contributed by atoms with E-state index in [0.29, 0.717) is 5.41 Å². The van der Waals surface area contributed by atoms with Crippen LogP contribution in [0.5, 0.6) is 0 Å². The van der Waals surface area contributed by atoms with Gasteiger partial charge in [-0.1, -0.05) is 39.7 Å². The van der Waals surface area contributed by atoms with Crippen molar-refractivity contribution in [1.29, 1.82) is 0 Å². The highest BCUT2D eigenvalue weighted by atomic mass is 16.3. The zero-order chi connectivity index (χ0) is 13.9. The van der Waals surface area contributed by atoms with E-state index in [2.05, 4.69) is 26.8 Å². The molecule has 2 aliphatic rings. The molecule has 1 nitrogen and oxygen atoms in total. The number of aliphatic hydroxyl groups is 1. The van der Waals surface area contributed by atoms with Crippen LogP contribution in [-0.2, 0) is 0 Å². The van der Waals surface area contributed by atoms with Crippen LogP contribution in [0.25, 0.3) is 0 Å². The fourth-order valence-electron chi connectivity index (χ4n) is 3.92. The van der Waals surface area contributed by atoms with Crippen molar-refractivity contribution in [3.63, 3.8) is 0 Å². The van der Waals surface area contributed by atoms with Crippen molar-refractivity contribution in [2.75, 3.05) is 0 Å². The molecule has 0 unspecified atom stereocenters.